The number of carbonyl (C=O) groups excluding carboxylic acids is 1. The molecule has 0 bridgehead atoms. The van der Waals surface area contributed by atoms with Gasteiger partial charge in [-0.15, -0.1) is 0 Å². The summed E-state index contributed by atoms with van der Waals surface area (Å²) in [6.45, 7) is 5.15. The van der Waals surface area contributed by atoms with Gasteiger partial charge in [-0.2, -0.15) is 0 Å². The van der Waals surface area contributed by atoms with E-state index in [9.17, 15) is 9.18 Å². The molecule has 1 aliphatic heterocycles. The van der Waals surface area contributed by atoms with Crippen molar-refractivity contribution >= 4 is 21.8 Å². The van der Waals surface area contributed by atoms with Crippen LogP contribution >= 0.6 is 15.9 Å². The molecule has 2 rings (SSSR count). The van der Waals surface area contributed by atoms with Crippen molar-refractivity contribution < 1.29 is 9.18 Å². The van der Waals surface area contributed by atoms with Crippen LogP contribution in [0.3, 0.4) is 0 Å². The molecule has 0 saturated carbocycles. The van der Waals surface area contributed by atoms with E-state index in [1.165, 1.54) is 12.1 Å². The Bertz CT molecular complexity index is 459. The van der Waals surface area contributed by atoms with E-state index in [0.717, 1.165) is 32.5 Å². The molecule has 0 atom stereocenters. The molecule has 0 aliphatic carbocycles. The molecule has 104 valence electrons. The topological polar surface area (TPSA) is 32.3 Å². The van der Waals surface area contributed by atoms with Crippen LogP contribution in [0, 0.1) is 5.82 Å². The van der Waals surface area contributed by atoms with Gasteiger partial charge in [0.15, 0.2) is 0 Å². The zero-order valence-electron chi connectivity index (χ0n) is 11.0. The molecule has 1 fully saturated rings. The Morgan fingerprint density at radius 1 is 1.47 bits per heavy atom. The minimum Gasteiger partial charge on any atom is -0.349 e. The first kappa shape index (κ1) is 14.5. The number of amides is 1. The molecular weight excluding hydrogens is 311 g/mol. The van der Waals surface area contributed by atoms with Crippen LogP contribution in [0.5, 0.6) is 0 Å². The van der Waals surface area contributed by atoms with Gasteiger partial charge in [0.25, 0.3) is 5.91 Å². The number of hydrogen-bond donors (Lipinski definition) is 1. The Labute approximate surface area is 121 Å². The second kappa shape index (κ2) is 6.48. The molecule has 1 heterocycles. The van der Waals surface area contributed by atoms with Crippen LogP contribution < -0.4 is 5.32 Å². The van der Waals surface area contributed by atoms with Gasteiger partial charge in [-0.3, -0.25) is 4.79 Å². The first-order chi connectivity index (χ1) is 9.10. The van der Waals surface area contributed by atoms with Crippen LogP contribution in [-0.4, -0.2) is 36.5 Å². The first-order valence-electron chi connectivity index (χ1n) is 6.58. The Morgan fingerprint density at radius 3 is 2.79 bits per heavy atom. The third-order valence-electron chi connectivity index (χ3n) is 3.54. The highest BCUT2D eigenvalue weighted by Gasteiger charge is 2.21. The quantitative estimate of drug-likeness (QED) is 0.925. The summed E-state index contributed by atoms with van der Waals surface area (Å²) in [5, 5.41) is 2.92. The van der Waals surface area contributed by atoms with Crippen LogP contribution in [0.2, 0.25) is 0 Å². The van der Waals surface area contributed by atoms with Gasteiger partial charge < -0.3 is 10.2 Å². The van der Waals surface area contributed by atoms with E-state index in [0.29, 0.717) is 4.47 Å². The molecule has 1 aromatic rings. The van der Waals surface area contributed by atoms with E-state index in [1.807, 2.05) is 0 Å². The molecule has 0 radical (unpaired) electrons. The minimum absolute atomic E-state index is 0.104. The average Bonchev–Trinajstić information content (AvgIpc) is 2.42. The van der Waals surface area contributed by atoms with Crippen molar-refractivity contribution in [2.45, 2.75) is 25.8 Å². The number of likely N-dealkylation sites (tertiary alicyclic amines) is 1. The lowest BCUT2D eigenvalue weighted by Crippen LogP contribution is -2.44. The number of benzene rings is 1. The third-order valence-corrected chi connectivity index (χ3v) is 4.04. The predicted molar refractivity (Wildman–Crippen MR) is 76.7 cm³/mol. The summed E-state index contributed by atoms with van der Waals surface area (Å²) in [4.78, 5) is 14.4. The van der Waals surface area contributed by atoms with Crippen LogP contribution in [0.1, 0.15) is 30.1 Å². The Hall–Kier alpha value is -0.940. The molecule has 0 spiro atoms. The summed E-state index contributed by atoms with van der Waals surface area (Å²) in [5.41, 5.74) is 0.104. The second-order valence-electron chi connectivity index (χ2n) is 4.81. The van der Waals surface area contributed by atoms with Crippen molar-refractivity contribution in [2.24, 2.45) is 0 Å². The minimum atomic E-state index is -0.480. The molecule has 0 aromatic heterocycles. The van der Waals surface area contributed by atoms with Gasteiger partial charge in [-0.05, 0) is 37.6 Å². The maximum absolute atomic E-state index is 13.6. The summed E-state index contributed by atoms with van der Waals surface area (Å²) in [5.74, 6) is -0.805. The summed E-state index contributed by atoms with van der Waals surface area (Å²) >= 11 is 3.25. The second-order valence-corrected chi connectivity index (χ2v) is 5.72. The SMILES string of the molecule is CCN1CCC(NC(=O)c2cc(Br)ccc2F)CC1. The van der Waals surface area contributed by atoms with Gasteiger partial charge in [-0.25, -0.2) is 4.39 Å². The zero-order valence-corrected chi connectivity index (χ0v) is 12.5. The lowest BCUT2D eigenvalue weighted by Gasteiger charge is -2.31. The molecule has 1 aromatic carbocycles. The number of piperidine rings is 1. The van der Waals surface area contributed by atoms with Crippen molar-refractivity contribution in [3.63, 3.8) is 0 Å². The zero-order chi connectivity index (χ0) is 13.8. The molecule has 3 nitrogen and oxygen atoms in total. The maximum Gasteiger partial charge on any atom is 0.254 e. The summed E-state index contributed by atoms with van der Waals surface area (Å²) in [7, 11) is 0. The van der Waals surface area contributed by atoms with Crippen LogP contribution in [0.15, 0.2) is 22.7 Å². The van der Waals surface area contributed by atoms with Crippen molar-refractivity contribution in [1.82, 2.24) is 10.2 Å². The summed E-state index contributed by atoms with van der Waals surface area (Å²) in [6.07, 6.45) is 1.85. The van der Waals surface area contributed by atoms with E-state index in [2.05, 4.69) is 33.1 Å². The number of rotatable bonds is 3. The normalized spacial score (nSPS) is 17.4. The van der Waals surface area contributed by atoms with Gasteiger partial charge in [0.05, 0.1) is 5.56 Å². The van der Waals surface area contributed by atoms with Crippen molar-refractivity contribution in [3.05, 3.63) is 34.1 Å². The number of carbonyl (C=O) groups is 1. The van der Waals surface area contributed by atoms with Gasteiger partial charge in [0.1, 0.15) is 5.82 Å². The Kier molecular flexibility index (Phi) is 4.93. The van der Waals surface area contributed by atoms with E-state index in [4.69, 9.17) is 0 Å². The highest BCUT2D eigenvalue weighted by molar-refractivity contribution is 9.10. The summed E-state index contributed by atoms with van der Waals surface area (Å²) < 4.78 is 14.3. The molecule has 1 aliphatic rings. The molecule has 1 amide bonds. The van der Waals surface area contributed by atoms with Crippen LogP contribution in [0.4, 0.5) is 4.39 Å². The number of hydrogen-bond acceptors (Lipinski definition) is 2. The molecular formula is C14H18BrFN2O. The molecule has 1 N–H and O–H groups in total. The van der Waals surface area contributed by atoms with Gasteiger partial charge in [-0.1, -0.05) is 22.9 Å². The van der Waals surface area contributed by atoms with Crippen molar-refractivity contribution in [2.75, 3.05) is 19.6 Å². The lowest BCUT2D eigenvalue weighted by atomic mass is 10.0. The maximum atomic E-state index is 13.6. The molecule has 5 heteroatoms. The fourth-order valence-electron chi connectivity index (χ4n) is 2.33. The average molecular weight is 329 g/mol. The van der Waals surface area contributed by atoms with Gasteiger partial charge in [0.2, 0.25) is 0 Å². The lowest BCUT2D eigenvalue weighted by molar-refractivity contribution is 0.0908. The molecule has 0 unspecified atom stereocenters. The highest BCUT2D eigenvalue weighted by Crippen LogP contribution is 2.17. The van der Waals surface area contributed by atoms with Gasteiger partial charge >= 0.3 is 0 Å². The smallest absolute Gasteiger partial charge is 0.254 e. The van der Waals surface area contributed by atoms with E-state index >= 15 is 0 Å². The van der Waals surface area contributed by atoms with Gasteiger partial charge in [0, 0.05) is 23.6 Å². The highest BCUT2D eigenvalue weighted by atomic mass is 79.9. The summed E-state index contributed by atoms with van der Waals surface area (Å²) in [6, 6.07) is 4.56. The fourth-order valence-corrected chi connectivity index (χ4v) is 2.69. The Balaban J connectivity index is 1.96. The number of nitrogens with one attached hydrogen (secondary N) is 1. The molecule has 1 saturated heterocycles. The number of halogens is 2. The monoisotopic (exact) mass is 328 g/mol. The Morgan fingerprint density at radius 2 is 2.16 bits per heavy atom. The van der Waals surface area contributed by atoms with Crippen molar-refractivity contribution in [1.29, 1.82) is 0 Å². The standard InChI is InChI=1S/C14H18BrFN2O/c1-2-18-7-5-11(6-8-18)17-14(19)12-9-10(15)3-4-13(12)16/h3-4,9,11H,2,5-8H2,1H3,(H,17,19). The number of nitrogens with zero attached hydrogens (tertiary/aromatic N) is 1. The van der Waals surface area contributed by atoms with Crippen molar-refractivity contribution in [3.8, 4) is 0 Å². The first-order valence-corrected chi connectivity index (χ1v) is 7.37. The van der Waals surface area contributed by atoms with Crippen LogP contribution in [-0.2, 0) is 0 Å². The molecule has 19 heavy (non-hydrogen) atoms. The largest absolute Gasteiger partial charge is 0.349 e. The predicted octanol–water partition coefficient (Wildman–Crippen LogP) is 2.80. The van der Waals surface area contributed by atoms with E-state index in [1.54, 1.807) is 6.07 Å². The van der Waals surface area contributed by atoms with E-state index in [-0.39, 0.29) is 17.5 Å². The third kappa shape index (κ3) is 3.76. The van der Waals surface area contributed by atoms with Crippen LogP contribution in [0.25, 0.3) is 0 Å². The van der Waals surface area contributed by atoms with E-state index < -0.39 is 5.82 Å². The fraction of sp³-hybridized carbons (Fsp3) is 0.500.